The molecule has 2 heterocycles. The van der Waals surface area contributed by atoms with Gasteiger partial charge < -0.3 is 15.4 Å². The van der Waals surface area contributed by atoms with Crippen molar-refractivity contribution in [2.24, 2.45) is 11.7 Å². The highest BCUT2D eigenvalue weighted by atomic mass is 19.1. The number of halogens is 1. The van der Waals surface area contributed by atoms with Gasteiger partial charge in [0.05, 0.1) is 6.54 Å². The van der Waals surface area contributed by atoms with Crippen LogP contribution in [0.15, 0.2) is 18.2 Å². The minimum absolute atomic E-state index is 0.0222. The third-order valence-corrected chi connectivity index (χ3v) is 4.20. The predicted octanol–water partition coefficient (Wildman–Crippen LogP) is 1.32. The minimum Gasteiger partial charge on any atom is -0.488 e. The first-order valence-corrected chi connectivity index (χ1v) is 7.01. The Morgan fingerprint density at radius 3 is 3.05 bits per heavy atom. The van der Waals surface area contributed by atoms with Crippen LogP contribution >= 0.6 is 0 Å². The fraction of sp³-hybridized carbons (Fsp3) is 0.533. The Labute approximate surface area is 117 Å². The van der Waals surface area contributed by atoms with Gasteiger partial charge in [-0.05, 0) is 24.1 Å². The Balaban J connectivity index is 1.64. The van der Waals surface area contributed by atoms with Gasteiger partial charge in [0, 0.05) is 31.0 Å². The summed E-state index contributed by atoms with van der Waals surface area (Å²) in [5.41, 5.74) is 6.90. The first-order valence-electron chi connectivity index (χ1n) is 7.01. The third kappa shape index (κ3) is 2.50. The quantitative estimate of drug-likeness (QED) is 0.888. The van der Waals surface area contributed by atoms with Gasteiger partial charge in [0.15, 0.2) is 0 Å². The topological polar surface area (TPSA) is 55.6 Å². The van der Waals surface area contributed by atoms with Crippen LogP contribution in [-0.4, -0.2) is 36.0 Å². The van der Waals surface area contributed by atoms with Crippen LogP contribution in [0.5, 0.6) is 5.75 Å². The second-order valence-electron chi connectivity index (χ2n) is 5.84. The Hall–Kier alpha value is -1.62. The molecule has 0 aliphatic carbocycles. The average Bonchev–Trinajstić information content (AvgIpc) is 2.77. The third-order valence-electron chi connectivity index (χ3n) is 4.20. The molecular weight excluding hydrogens is 259 g/mol. The van der Waals surface area contributed by atoms with Crippen molar-refractivity contribution < 1.29 is 13.9 Å². The molecule has 2 aliphatic heterocycles. The van der Waals surface area contributed by atoms with Gasteiger partial charge in [-0.3, -0.25) is 4.79 Å². The number of nitrogens with two attached hydrogens (primary N) is 1. The molecule has 0 spiro atoms. The summed E-state index contributed by atoms with van der Waals surface area (Å²) in [6.45, 7) is 3.10. The Kier molecular flexibility index (Phi) is 3.38. The maximum absolute atomic E-state index is 13.2. The lowest BCUT2D eigenvalue weighted by molar-refractivity contribution is -0.136. The number of carbonyl (C=O) groups excluding carboxylic acids is 1. The number of ether oxygens (including phenoxy) is 1. The molecule has 0 radical (unpaired) electrons. The molecule has 1 amide bonds. The SMILES string of the molecule is CC1CC(=O)N(CC2Cc3cc(F)ccc3O2)CC1N. The maximum atomic E-state index is 13.2. The lowest BCUT2D eigenvalue weighted by Crippen LogP contribution is -2.52. The van der Waals surface area contributed by atoms with E-state index in [0.717, 1.165) is 11.3 Å². The fourth-order valence-corrected chi connectivity index (χ4v) is 2.91. The number of amides is 1. The summed E-state index contributed by atoms with van der Waals surface area (Å²) >= 11 is 0. The summed E-state index contributed by atoms with van der Waals surface area (Å²) in [6, 6.07) is 4.57. The van der Waals surface area contributed by atoms with E-state index in [1.165, 1.54) is 12.1 Å². The molecule has 3 atom stereocenters. The monoisotopic (exact) mass is 278 g/mol. The summed E-state index contributed by atoms with van der Waals surface area (Å²) in [7, 11) is 0. The molecule has 3 rings (SSSR count). The van der Waals surface area contributed by atoms with Gasteiger partial charge in [-0.1, -0.05) is 6.92 Å². The Morgan fingerprint density at radius 2 is 2.25 bits per heavy atom. The standard InChI is InChI=1S/C15H19FN2O2/c1-9-4-15(19)18(8-13(9)17)7-12-6-10-5-11(16)2-3-14(10)20-12/h2-3,5,9,12-13H,4,6-8,17H2,1H3. The first-order chi connectivity index (χ1) is 9.52. The Morgan fingerprint density at radius 1 is 1.45 bits per heavy atom. The van der Waals surface area contributed by atoms with Crippen molar-refractivity contribution >= 4 is 5.91 Å². The van der Waals surface area contributed by atoms with E-state index >= 15 is 0 Å². The van der Waals surface area contributed by atoms with E-state index in [-0.39, 0.29) is 29.8 Å². The molecule has 1 fully saturated rings. The normalized spacial score (nSPS) is 29.2. The molecule has 2 N–H and O–H groups in total. The molecule has 1 saturated heterocycles. The summed E-state index contributed by atoms with van der Waals surface area (Å²) < 4.78 is 18.9. The molecule has 0 bridgehead atoms. The van der Waals surface area contributed by atoms with Crippen molar-refractivity contribution in [3.63, 3.8) is 0 Å². The van der Waals surface area contributed by atoms with Crippen molar-refractivity contribution in [1.82, 2.24) is 4.90 Å². The van der Waals surface area contributed by atoms with Crippen LogP contribution in [0.2, 0.25) is 0 Å². The Bertz CT molecular complexity index is 535. The average molecular weight is 278 g/mol. The van der Waals surface area contributed by atoms with Crippen LogP contribution in [0.3, 0.4) is 0 Å². The fourth-order valence-electron chi connectivity index (χ4n) is 2.91. The molecular formula is C15H19FN2O2. The van der Waals surface area contributed by atoms with Gasteiger partial charge in [-0.2, -0.15) is 0 Å². The highest BCUT2D eigenvalue weighted by Crippen LogP contribution is 2.30. The number of rotatable bonds is 2. The van der Waals surface area contributed by atoms with E-state index in [9.17, 15) is 9.18 Å². The van der Waals surface area contributed by atoms with Crippen LogP contribution in [0.25, 0.3) is 0 Å². The number of benzene rings is 1. The molecule has 1 aromatic carbocycles. The number of piperidine rings is 1. The summed E-state index contributed by atoms with van der Waals surface area (Å²) in [6.07, 6.45) is 1.04. The van der Waals surface area contributed by atoms with Crippen molar-refractivity contribution in [3.05, 3.63) is 29.6 Å². The molecule has 5 heteroatoms. The zero-order valence-electron chi connectivity index (χ0n) is 11.5. The van der Waals surface area contributed by atoms with Crippen LogP contribution in [0.1, 0.15) is 18.9 Å². The van der Waals surface area contributed by atoms with Crippen LogP contribution in [0, 0.1) is 11.7 Å². The van der Waals surface area contributed by atoms with Gasteiger partial charge in [-0.25, -0.2) is 4.39 Å². The van der Waals surface area contributed by atoms with E-state index in [4.69, 9.17) is 10.5 Å². The van der Waals surface area contributed by atoms with Gasteiger partial charge in [-0.15, -0.1) is 0 Å². The van der Waals surface area contributed by atoms with Crippen LogP contribution in [0.4, 0.5) is 4.39 Å². The van der Waals surface area contributed by atoms with Gasteiger partial charge >= 0.3 is 0 Å². The molecule has 20 heavy (non-hydrogen) atoms. The lowest BCUT2D eigenvalue weighted by Gasteiger charge is -2.35. The van der Waals surface area contributed by atoms with Gasteiger partial charge in [0.25, 0.3) is 0 Å². The molecule has 3 unspecified atom stereocenters. The number of fused-ring (bicyclic) bond motifs is 1. The zero-order chi connectivity index (χ0) is 14.3. The first kappa shape index (κ1) is 13.4. The number of nitrogens with zero attached hydrogens (tertiary/aromatic N) is 1. The van der Waals surface area contributed by atoms with E-state index in [1.54, 1.807) is 11.0 Å². The molecule has 1 aromatic rings. The zero-order valence-corrected chi connectivity index (χ0v) is 11.5. The molecule has 0 aromatic heterocycles. The predicted molar refractivity (Wildman–Crippen MR) is 72.9 cm³/mol. The smallest absolute Gasteiger partial charge is 0.223 e. The van der Waals surface area contributed by atoms with Crippen LogP contribution < -0.4 is 10.5 Å². The van der Waals surface area contributed by atoms with E-state index in [0.29, 0.717) is 25.9 Å². The maximum Gasteiger partial charge on any atom is 0.223 e. The molecule has 4 nitrogen and oxygen atoms in total. The highest BCUT2D eigenvalue weighted by Gasteiger charge is 2.33. The number of hydrogen-bond donors (Lipinski definition) is 1. The molecule has 108 valence electrons. The van der Waals surface area contributed by atoms with E-state index in [2.05, 4.69) is 0 Å². The van der Waals surface area contributed by atoms with E-state index < -0.39 is 0 Å². The summed E-state index contributed by atoms with van der Waals surface area (Å²) in [5, 5.41) is 0. The summed E-state index contributed by atoms with van der Waals surface area (Å²) in [4.78, 5) is 13.8. The van der Waals surface area contributed by atoms with Gasteiger partial charge in [0.1, 0.15) is 17.7 Å². The molecule has 2 aliphatic rings. The lowest BCUT2D eigenvalue weighted by atomic mass is 9.93. The van der Waals surface area contributed by atoms with Crippen molar-refractivity contribution in [2.45, 2.75) is 31.9 Å². The van der Waals surface area contributed by atoms with Crippen molar-refractivity contribution in [1.29, 1.82) is 0 Å². The molecule has 0 saturated carbocycles. The number of carbonyl (C=O) groups is 1. The summed E-state index contributed by atoms with van der Waals surface area (Å²) in [5.74, 6) is 0.830. The second kappa shape index (κ2) is 5.05. The highest BCUT2D eigenvalue weighted by molar-refractivity contribution is 5.77. The van der Waals surface area contributed by atoms with Crippen molar-refractivity contribution in [2.75, 3.05) is 13.1 Å². The van der Waals surface area contributed by atoms with Gasteiger partial charge in [0.2, 0.25) is 5.91 Å². The number of hydrogen-bond acceptors (Lipinski definition) is 3. The van der Waals surface area contributed by atoms with Crippen molar-refractivity contribution in [3.8, 4) is 5.75 Å². The minimum atomic E-state index is -0.252. The van der Waals surface area contributed by atoms with Crippen LogP contribution in [-0.2, 0) is 11.2 Å². The largest absolute Gasteiger partial charge is 0.488 e. The van der Waals surface area contributed by atoms with E-state index in [1.807, 2.05) is 6.92 Å². The second-order valence-corrected chi connectivity index (χ2v) is 5.84. The number of likely N-dealkylation sites (tertiary alicyclic amines) is 1.